The zero-order valence-electron chi connectivity index (χ0n) is 12.8. The number of benzene rings is 2. The Labute approximate surface area is 138 Å². The Hall–Kier alpha value is -2.31. The van der Waals surface area contributed by atoms with Crippen LogP contribution in [0.5, 0.6) is 0 Å². The molecule has 2 atom stereocenters. The van der Waals surface area contributed by atoms with Gasteiger partial charge in [-0.15, -0.1) is 0 Å². The highest BCUT2D eigenvalue weighted by Crippen LogP contribution is 2.35. The number of halogens is 2. The van der Waals surface area contributed by atoms with Gasteiger partial charge in [0.1, 0.15) is 11.6 Å². The summed E-state index contributed by atoms with van der Waals surface area (Å²) in [5.74, 6) is -1.60. The van der Waals surface area contributed by atoms with E-state index in [1.165, 1.54) is 4.90 Å². The van der Waals surface area contributed by atoms with Gasteiger partial charge in [0.2, 0.25) is 0 Å². The second-order valence-corrected chi connectivity index (χ2v) is 5.89. The highest BCUT2D eigenvalue weighted by Gasteiger charge is 2.37. The van der Waals surface area contributed by atoms with E-state index in [1.807, 2.05) is 0 Å². The maximum Gasteiger partial charge on any atom is 0.254 e. The van der Waals surface area contributed by atoms with Gasteiger partial charge in [-0.25, -0.2) is 8.78 Å². The molecule has 0 aliphatic carbocycles. The van der Waals surface area contributed by atoms with Crippen LogP contribution >= 0.6 is 0 Å². The SMILES string of the molecule is O=C(c1cccc(CO)c1)N1C[C@H](O)C[C@@H]1c1cc(F)ccc1F. The maximum absolute atomic E-state index is 14.1. The molecule has 0 unspecified atom stereocenters. The Morgan fingerprint density at radius 2 is 2.00 bits per heavy atom. The number of aliphatic hydroxyl groups excluding tert-OH is 2. The Kier molecular flexibility index (Phi) is 4.59. The molecule has 1 amide bonds. The lowest BCUT2D eigenvalue weighted by Crippen LogP contribution is -2.32. The van der Waals surface area contributed by atoms with Crippen LogP contribution in [0.3, 0.4) is 0 Å². The molecule has 0 bridgehead atoms. The lowest BCUT2D eigenvalue weighted by Gasteiger charge is -2.25. The predicted octanol–water partition coefficient (Wildman–Crippen LogP) is 2.41. The minimum atomic E-state index is -0.803. The molecule has 1 aliphatic heterocycles. The number of hydrogen-bond acceptors (Lipinski definition) is 3. The van der Waals surface area contributed by atoms with Crippen LogP contribution in [0.2, 0.25) is 0 Å². The molecule has 1 fully saturated rings. The fraction of sp³-hybridized carbons (Fsp3) is 0.278. The van der Waals surface area contributed by atoms with E-state index in [9.17, 15) is 23.8 Å². The van der Waals surface area contributed by atoms with Crippen LogP contribution in [-0.4, -0.2) is 33.7 Å². The molecule has 0 saturated carbocycles. The summed E-state index contributed by atoms with van der Waals surface area (Å²) < 4.78 is 27.6. The van der Waals surface area contributed by atoms with Gasteiger partial charge in [-0.2, -0.15) is 0 Å². The summed E-state index contributed by atoms with van der Waals surface area (Å²) in [6, 6.07) is 8.81. The molecule has 0 aromatic heterocycles. The van der Waals surface area contributed by atoms with Crippen molar-refractivity contribution in [3.63, 3.8) is 0 Å². The Balaban J connectivity index is 1.95. The quantitative estimate of drug-likeness (QED) is 0.907. The number of carbonyl (C=O) groups excluding carboxylic acids is 1. The third-order valence-electron chi connectivity index (χ3n) is 4.21. The maximum atomic E-state index is 14.1. The fourth-order valence-corrected chi connectivity index (χ4v) is 3.07. The zero-order valence-corrected chi connectivity index (χ0v) is 12.8. The Morgan fingerprint density at radius 3 is 2.75 bits per heavy atom. The van der Waals surface area contributed by atoms with E-state index in [0.29, 0.717) is 11.1 Å². The molecule has 2 aromatic rings. The van der Waals surface area contributed by atoms with E-state index >= 15 is 0 Å². The number of nitrogens with zero attached hydrogens (tertiary/aromatic N) is 1. The van der Waals surface area contributed by atoms with Gasteiger partial charge in [-0.05, 0) is 42.3 Å². The van der Waals surface area contributed by atoms with E-state index in [4.69, 9.17) is 0 Å². The molecule has 1 heterocycles. The van der Waals surface area contributed by atoms with Crippen molar-refractivity contribution in [3.8, 4) is 0 Å². The van der Waals surface area contributed by atoms with Crippen LogP contribution in [0, 0.1) is 11.6 Å². The lowest BCUT2D eigenvalue weighted by atomic mass is 10.0. The van der Waals surface area contributed by atoms with Gasteiger partial charge in [-0.1, -0.05) is 12.1 Å². The first-order chi connectivity index (χ1) is 11.5. The minimum absolute atomic E-state index is 0.0445. The third-order valence-corrected chi connectivity index (χ3v) is 4.21. The van der Waals surface area contributed by atoms with E-state index in [0.717, 1.165) is 18.2 Å². The summed E-state index contributed by atoms with van der Waals surface area (Å²) in [4.78, 5) is 14.1. The normalized spacial score (nSPS) is 20.4. The van der Waals surface area contributed by atoms with Crippen LogP contribution in [0.25, 0.3) is 0 Å². The molecule has 24 heavy (non-hydrogen) atoms. The van der Waals surface area contributed by atoms with E-state index in [2.05, 4.69) is 0 Å². The van der Waals surface area contributed by atoms with E-state index < -0.39 is 29.7 Å². The molecule has 2 N–H and O–H groups in total. The summed E-state index contributed by atoms with van der Waals surface area (Å²) in [5, 5.41) is 19.1. The molecular weight excluding hydrogens is 316 g/mol. The molecular formula is C18H17F2NO3. The number of aliphatic hydroxyl groups is 2. The van der Waals surface area contributed by atoms with Crippen LogP contribution in [-0.2, 0) is 6.61 Å². The minimum Gasteiger partial charge on any atom is -0.392 e. The van der Waals surface area contributed by atoms with Crippen LogP contribution in [0.15, 0.2) is 42.5 Å². The number of rotatable bonds is 3. The summed E-state index contributed by atoms with van der Waals surface area (Å²) in [5.41, 5.74) is 0.963. The highest BCUT2D eigenvalue weighted by molar-refractivity contribution is 5.95. The van der Waals surface area contributed by atoms with E-state index in [1.54, 1.807) is 24.3 Å². The second kappa shape index (κ2) is 6.67. The number of likely N-dealkylation sites (tertiary alicyclic amines) is 1. The Morgan fingerprint density at radius 1 is 1.21 bits per heavy atom. The molecule has 4 nitrogen and oxygen atoms in total. The molecule has 126 valence electrons. The average molecular weight is 333 g/mol. The van der Waals surface area contributed by atoms with E-state index in [-0.39, 0.29) is 25.1 Å². The first kappa shape index (κ1) is 16.5. The standard InChI is InChI=1S/C18H17F2NO3/c19-13-4-5-16(20)15(7-13)17-8-14(23)9-21(17)18(24)12-3-1-2-11(6-12)10-22/h1-7,14,17,22-23H,8-10H2/t14-,17-/m1/s1. The molecule has 6 heteroatoms. The molecule has 2 aromatic carbocycles. The van der Waals surface area contributed by atoms with Crippen molar-refractivity contribution in [1.82, 2.24) is 4.90 Å². The van der Waals surface area contributed by atoms with Crippen molar-refractivity contribution in [1.29, 1.82) is 0 Å². The van der Waals surface area contributed by atoms with Crippen molar-refractivity contribution >= 4 is 5.91 Å². The number of β-amino-alcohol motifs (C(OH)–C–C–N with tert-alkyl or cyclic N) is 1. The van der Waals surface area contributed by atoms with Crippen LogP contribution < -0.4 is 0 Å². The summed E-state index contributed by atoms with van der Waals surface area (Å²) in [7, 11) is 0. The monoisotopic (exact) mass is 333 g/mol. The molecule has 0 spiro atoms. The van der Waals surface area contributed by atoms with Gasteiger partial charge in [0, 0.05) is 17.7 Å². The summed E-state index contributed by atoms with van der Waals surface area (Å²) in [6.07, 6.45) is -0.658. The molecule has 3 rings (SSSR count). The fourth-order valence-electron chi connectivity index (χ4n) is 3.07. The first-order valence-corrected chi connectivity index (χ1v) is 7.63. The summed E-state index contributed by atoms with van der Waals surface area (Å²) in [6.45, 7) is -0.158. The first-order valence-electron chi connectivity index (χ1n) is 7.63. The third kappa shape index (κ3) is 3.16. The smallest absolute Gasteiger partial charge is 0.254 e. The van der Waals surface area contributed by atoms with Crippen molar-refractivity contribution in [3.05, 3.63) is 70.8 Å². The van der Waals surface area contributed by atoms with Gasteiger partial charge in [0.05, 0.1) is 18.8 Å². The van der Waals surface area contributed by atoms with Gasteiger partial charge in [0.25, 0.3) is 5.91 Å². The van der Waals surface area contributed by atoms with Gasteiger partial charge >= 0.3 is 0 Å². The molecule has 1 aliphatic rings. The second-order valence-electron chi connectivity index (χ2n) is 5.89. The largest absolute Gasteiger partial charge is 0.392 e. The number of hydrogen-bond donors (Lipinski definition) is 2. The highest BCUT2D eigenvalue weighted by atomic mass is 19.1. The van der Waals surface area contributed by atoms with Crippen molar-refractivity contribution < 1.29 is 23.8 Å². The van der Waals surface area contributed by atoms with Gasteiger partial charge in [0.15, 0.2) is 0 Å². The average Bonchev–Trinajstić information content (AvgIpc) is 2.98. The molecule has 0 radical (unpaired) electrons. The predicted molar refractivity (Wildman–Crippen MR) is 83.1 cm³/mol. The lowest BCUT2D eigenvalue weighted by molar-refractivity contribution is 0.0713. The van der Waals surface area contributed by atoms with Gasteiger partial charge < -0.3 is 15.1 Å². The molecule has 1 saturated heterocycles. The Bertz CT molecular complexity index is 766. The number of carbonyl (C=O) groups is 1. The van der Waals surface area contributed by atoms with Crippen LogP contribution in [0.4, 0.5) is 8.78 Å². The van der Waals surface area contributed by atoms with Crippen molar-refractivity contribution in [2.45, 2.75) is 25.2 Å². The van der Waals surface area contributed by atoms with Crippen molar-refractivity contribution in [2.75, 3.05) is 6.54 Å². The van der Waals surface area contributed by atoms with Crippen LogP contribution in [0.1, 0.15) is 33.9 Å². The van der Waals surface area contributed by atoms with Gasteiger partial charge in [-0.3, -0.25) is 4.79 Å². The topological polar surface area (TPSA) is 60.8 Å². The summed E-state index contributed by atoms with van der Waals surface area (Å²) >= 11 is 0. The van der Waals surface area contributed by atoms with Crippen molar-refractivity contribution in [2.24, 2.45) is 0 Å². The number of amides is 1. The zero-order chi connectivity index (χ0) is 17.3.